The van der Waals surface area contributed by atoms with Crippen molar-refractivity contribution in [3.63, 3.8) is 0 Å². The number of amides is 2. The quantitative estimate of drug-likeness (QED) is 0.672. The van der Waals surface area contributed by atoms with Crippen molar-refractivity contribution in [3.8, 4) is 0 Å². The molecule has 1 aliphatic heterocycles. The molecule has 0 aromatic carbocycles. The number of unbranched alkanes of at least 4 members (excludes halogenated alkanes) is 3. The number of nitrogens with one attached hydrogen (secondary N) is 1. The molecule has 0 spiro atoms. The first-order valence-corrected chi connectivity index (χ1v) is 6.99. The molecular formula is C13H25N3O3. The summed E-state index contributed by atoms with van der Waals surface area (Å²) in [5.41, 5.74) is 5.42. The smallest absolute Gasteiger partial charge is 0.407 e. The van der Waals surface area contributed by atoms with Gasteiger partial charge in [0.15, 0.2) is 0 Å². The maximum Gasteiger partial charge on any atom is 0.407 e. The first-order valence-electron chi connectivity index (χ1n) is 6.99. The zero-order valence-electron chi connectivity index (χ0n) is 11.7. The van der Waals surface area contributed by atoms with Crippen LogP contribution in [0, 0.1) is 0 Å². The molecule has 0 saturated carbocycles. The normalized spacial score (nSPS) is 18.4. The Balaban J connectivity index is 2.15. The monoisotopic (exact) mass is 271 g/mol. The summed E-state index contributed by atoms with van der Waals surface area (Å²) in [6.45, 7) is 2.04. The third kappa shape index (κ3) is 5.92. The van der Waals surface area contributed by atoms with Gasteiger partial charge in [-0.25, -0.2) is 4.79 Å². The number of carbonyl (C=O) groups is 2. The largest absolute Gasteiger partial charge is 0.453 e. The van der Waals surface area contributed by atoms with Crippen molar-refractivity contribution in [1.82, 2.24) is 10.2 Å². The molecule has 1 saturated heterocycles. The van der Waals surface area contributed by atoms with Crippen LogP contribution in [0.25, 0.3) is 0 Å². The van der Waals surface area contributed by atoms with Gasteiger partial charge in [0, 0.05) is 19.5 Å². The Morgan fingerprint density at radius 1 is 1.32 bits per heavy atom. The minimum Gasteiger partial charge on any atom is -0.453 e. The molecule has 0 aromatic heterocycles. The third-order valence-corrected chi connectivity index (χ3v) is 3.39. The number of hydrogen-bond acceptors (Lipinski definition) is 4. The van der Waals surface area contributed by atoms with Crippen molar-refractivity contribution < 1.29 is 14.3 Å². The van der Waals surface area contributed by atoms with Crippen LogP contribution in [0.2, 0.25) is 0 Å². The molecule has 6 heteroatoms. The molecule has 0 aromatic rings. The van der Waals surface area contributed by atoms with E-state index in [1.807, 2.05) is 4.90 Å². The summed E-state index contributed by atoms with van der Waals surface area (Å²) in [6, 6.07) is 0.0219. The molecule has 2 amide bonds. The van der Waals surface area contributed by atoms with Crippen LogP contribution in [0.15, 0.2) is 0 Å². The van der Waals surface area contributed by atoms with E-state index in [4.69, 9.17) is 5.73 Å². The van der Waals surface area contributed by atoms with Crippen LogP contribution in [0.5, 0.6) is 0 Å². The summed E-state index contributed by atoms with van der Waals surface area (Å²) < 4.78 is 4.55. The predicted octanol–water partition coefficient (Wildman–Crippen LogP) is 0.853. The average molecular weight is 271 g/mol. The summed E-state index contributed by atoms with van der Waals surface area (Å²) in [6.07, 6.45) is 5.06. The Morgan fingerprint density at radius 3 is 2.74 bits per heavy atom. The standard InChI is InChI=1S/C13H25N3O3/c1-19-13(18)15-11-7-9-16(10-11)12(17)6-4-2-3-5-8-14/h11H,2-10,14H2,1H3,(H,15,18). The SMILES string of the molecule is COC(=O)NC1CCN(C(=O)CCCCCCN)C1. The van der Waals surface area contributed by atoms with Crippen LogP contribution in [0.1, 0.15) is 38.5 Å². The second kappa shape index (κ2) is 8.74. The van der Waals surface area contributed by atoms with Crippen molar-refractivity contribution >= 4 is 12.0 Å². The molecule has 1 fully saturated rings. The highest BCUT2D eigenvalue weighted by molar-refractivity contribution is 5.76. The Hall–Kier alpha value is -1.30. The fourth-order valence-electron chi connectivity index (χ4n) is 2.26. The first-order chi connectivity index (χ1) is 9.17. The maximum absolute atomic E-state index is 11.9. The molecule has 0 bridgehead atoms. The lowest BCUT2D eigenvalue weighted by molar-refractivity contribution is -0.130. The molecule has 6 nitrogen and oxygen atoms in total. The lowest BCUT2D eigenvalue weighted by atomic mass is 10.1. The van der Waals surface area contributed by atoms with E-state index in [0.29, 0.717) is 13.0 Å². The number of nitrogens with zero attached hydrogens (tertiary/aromatic N) is 1. The minimum atomic E-state index is -0.430. The van der Waals surface area contributed by atoms with Crippen LogP contribution in [-0.4, -0.2) is 49.7 Å². The number of hydrogen-bond donors (Lipinski definition) is 2. The van der Waals surface area contributed by atoms with Gasteiger partial charge in [-0.3, -0.25) is 4.79 Å². The summed E-state index contributed by atoms with van der Waals surface area (Å²) in [5.74, 6) is 0.182. The van der Waals surface area contributed by atoms with E-state index < -0.39 is 6.09 Å². The minimum absolute atomic E-state index is 0.0219. The van der Waals surface area contributed by atoms with Crippen molar-refractivity contribution in [2.24, 2.45) is 5.73 Å². The van der Waals surface area contributed by atoms with E-state index >= 15 is 0 Å². The molecule has 0 radical (unpaired) electrons. The molecule has 19 heavy (non-hydrogen) atoms. The van der Waals surface area contributed by atoms with Crippen molar-refractivity contribution in [3.05, 3.63) is 0 Å². The number of nitrogens with two attached hydrogens (primary N) is 1. The van der Waals surface area contributed by atoms with Gasteiger partial charge >= 0.3 is 6.09 Å². The average Bonchev–Trinajstić information content (AvgIpc) is 2.86. The fraction of sp³-hybridized carbons (Fsp3) is 0.846. The summed E-state index contributed by atoms with van der Waals surface area (Å²) >= 11 is 0. The van der Waals surface area contributed by atoms with Gasteiger partial charge < -0.3 is 20.7 Å². The van der Waals surface area contributed by atoms with Gasteiger partial charge in [-0.15, -0.1) is 0 Å². The zero-order valence-corrected chi connectivity index (χ0v) is 11.7. The van der Waals surface area contributed by atoms with Crippen LogP contribution in [-0.2, 0) is 9.53 Å². The Morgan fingerprint density at radius 2 is 2.05 bits per heavy atom. The molecule has 0 aliphatic carbocycles. The number of alkyl carbamates (subject to hydrolysis) is 1. The number of rotatable bonds is 7. The summed E-state index contributed by atoms with van der Waals surface area (Å²) in [5, 5.41) is 2.73. The predicted molar refractivity (Wildman–Crippen MR) is 72.7 cm³/mol. The Bertz CT molecular complexity index is 297. The highest BCUT2D eigenvalue weighted by Crippen LogP contribution is 2.12. The van der Waals surface area contributed by atoms with Gasteiger partial charge in [-0.05, 0) is 25.8 Å². The topological polar surface area (TPSA) is 84.7 Å². The van der Waals surface area contributed by atoms with E-state index in [-0.39, 0.29) is 11.9 Å². The number of methoxy groups -OCH3 is 1. The van der Waals surface area contributed by atoms with Crippen LogP contribution in [0.4, 0.5) is 4.79 Å². The second-order valence-electron chi connectivity index (χ2n) is 4.91. The number of carbonyl (C=O) groups excluding carboxylic acids is 2. The molecule has 1 heterocycles. The Kier molecular flexibility index (Phi) is 7.25. The molecule has 110 valence electrons. The zero-order chi connectivity index (χ0) is 14.1. The van der Waals surface area contributed by atoms with Crippen molar-refractivity contribution in [1.29, 1.82) is 0 Å². The molecule has 1 unspecified atom stereocenters. The highest BCUT2D eigenvalue weighted by atomic mass is 16.5. The van der Waals surface area contributed by atoms with Gasteiger partial charge in [0.1, 0.15) is 0 Å². The van der Waals surface area contributed by atoms with E-state index in [1.54, 1.807) is 0 Å². The summed E-state index contributed by atoms with van der Waals surface area (Å²) in [7, 11) is 1.34. The van der Waals surface area contributed by atoms with Crippen LogP contribution < -0.4 is 11.1 Å². The van der Waals surface area contributed by atoms with E-state index in [9.17, 15) is 9.59 Å². The van der Waals surface area contributed by atoms with E-state index in [0.717, 1.165) is 45.2 Å². The van der Waals surface area contributed by atoms with Gasteiger partial charge in [0.2, 0.25) is 5.91 Å². The second-order valence-corrected chi connectivity index (χ2v) is 4.91. The highest BCUT2D eigenvalue weighted by Gasteiger charge is 2.26. The van der Waals surface area contributed by atoms with Gasteiger partial charge in [-0.1, -0.05) is 12.8 Å². The van der Waals surface area contributed by atoms with E-state index in [1.165, 1.54) is 7.11 Å². The first kappa shape index (κ1) is 15.8. The molecule has 3 N–H and O–H groups in total. The van der Waals surface area contributed by atoms with Gasteiger partial charge in [-0.2, -0.15) is 0 Å². The van der Waals surface area contributed by atoms with Crippen LogP contribution in [0.3, 0.4) is 0 Å². The Labute approximate surface area is 114 Å². The third-order valence-electron chi connectivity index (χ3n) is 3.39. The molecule has 1 atom stereocenters. The van der Waals surface area contributed by atoms with E-state index in [2.05, 4.69) is 10.1 Å². The number of ether oxygens (including phenoxy) is 1. The number of likely N-dealkylation sites (tertiary alicyclic amines) is 1. The fourth-order valence-corrected chi connectivity index (χ4v) is 2.26. The van der Waals surface area contributed by atoms with Gasteiger partial charge in [0.25, 0.3) is 0 Å². The lowest BCUT2D eigenvalue weighted by Gasteiger charge is -2.16. The maximum atomic E-state index is 11.9. The lowest BCUT2D eigenvalue weighted by Crippen LogP contribution is -2.38. The van der Waals surface area contributed by atoms with Crippen molar-refractivity contribution in [2.75, 3.05) is 26.7 Å². The molecule has 1 rings (SSSR count). The van der Waals surface area contributed by atoms with Gasteiger partial charge in [0.05, 0.1) is 13.2 Å². The molecule has 1 aliphatic rings. The van der Waals surface area contributed by atoms with Crippen LogP contribution >= 0.6 is 0 Å². The molecular weight excluding hydrogens is 246 g/mol. The van der Waals surface area contributed by atoms with Crippen molar-refractivity contribution in [2.45, 2.75) is 44.6 Å². The summed E-state index contributed by atoms with van der Waals surface area (Å²) in [4.78, 5) is 24.8.